The van der Waals surface area contributed by atoms with Crippen LogP contribution in [0, 0.1) is 23.3 Å². The van der Waals surface area contributed by atoms with Gasteiger partial charge >= 0.3 is 0 Å². The molecule has 0 heterocycles. The zero-order valence-corrected chi connectivity index (χ0v) is 15.1. The van der Waals surface area contributed by atoms with Crippen LogP contribution in [-0.2, 0) is 19.3 Å². The van der Waals surface area contributed by atoms with Gasteiger partial charge in [0.05, 0.1) is 0 Å². The molecule has 0 aliphatic heterocycles. The molecule has 0 spiro atoms. The molecule has 2 aromatic carbocycles. The van der Waals surface area contributed by atoms with Crippen molar-refractivity contribution in [1.82, 2.24) is 0 Å². The molecule has 3 rings (SSSR count). The van der Waals surface area contributed by atoms with Crippen LogP contribution in [0.25, 0.3) is 0 Å². The third kappa shape index (κ3) is 3.94. The van der Waals surface area contributed by atoms with Crippen molar-refractivity contribution in [2.45, 2.75) is 64.2 Å². The molecule has 0 N–H and O–H groups in total. The molecular weight excluding hydrogens is 340 g/mol. The van der Waals surface area contributed by atoms with E-state index in [0.717, 1.165) is 31.7 Å². The van der Waals surface area contributed by atoms with E-state index >= 15 is 0 Å². The van der Waals surface area contributed by atoms with E-state index in [1.807, 2.05) is 0 Å². The maximum absolute atomic E-state index is 14.6. The third-order valence-corrected chi connectivity index (χ3v) is 5.37. The summed E-state index contributed by atoms with van der Waals surface area (Å²) in [5.41, 5.74) is 1.75. The molecule has 0 radical (unpaired) electrons. The zero-order valence-electron chi connectivity index (χ0n) is 15.1. The Balaban J connectivity index is 1.78. The second kappa shape index (κ2) is 8.24. The van der Waals surface area contributed by atoms with Gasteiger partial charge in [-0.1, -0.05) is 32.3 Å². The van der Waals surface area contributed by atoms with Gasteiger partial charge in [-0.2, -0.15) is 0 Å². The topological polar surface area (TPSA) is 0 Å². The van der Waals surface area contributed by atoms with Gasteiger partial charge in [-0.25, -0.2) is 17.6 Å². The van der Waals surface area contributed by atoms with E-state index in [0.29, 0.717) is 42.4 Å². The van der Waals surface area contributed by atoms with Crippen molar-refractivity contribution in [2.75, 3.05) is 0 Å². The molecule has 4 heteroatoms. The number of benzene rings is 2. The fraction of sp³-hybridized carbons (Fsp3) is 0.455. The van der Waals surface area contributed by atoms with E-state index in [1.54, 1.807) is 0 Å². The largest absolute Gasteiger partial charge is 0.207 e. The predicted molar refractivity (Wildman–Crippen MR) is 95.3 cm³/mol. The number of unbranched alkanes of at least 4 members (excludes halogenated alkanes) is 3. The van der Waals surface area contributed by atoms with Crippen molar-refractivity contribution in [3.8, 4) is 0 Å². The maximum Gasteiger partial charge on any atom is 0.162 e. The molecule has 1 atom stereocenters. The van der Waals surface area contributed by atoms with Crippen molar-refractivity contribution in [2.24, 2.45) is 0 Å². The summed E-state index contributed by atoms with van der Waals surface area (Å²) in [6, 6.07) is 5.48. The molecule has 0 saturated carbocycles. The summed E-state index contributed by atoms with van der Waals surface area (Å²) in [5, 5.41) is 0. The second-order valence-electron chi connectivity index (χ2n) is 7.22. The monoisotopic (exact) mass is 364 g/mol. The van der Waals surface area contributed by atoms with Crippen LogP contribution in [0.3, 0.4) is 0 Å². The summed E-state index contributed by atoms with van der Waals surface area (Å²) >= 11 is 0. The van der Waals surface area contributed by atoms with Crippen LogP contribution >= 0.6 is 0 Å². The van der Waals surface area contributed by atoms with Crippen molar-refractivity contribution in [3.05, 3.63) is 69.8 Å². The number of rotatable bonds is 6. The maximum atomic E-state index is 14.6. The van der Waals surface area contributed by atoms with Crippen LogP contribution in [0.2, 0.25) is 0 Å². The van der Waals surface area contributed by atoms with E-state index in [4.69, 9.17) is 0 Å². The molecule has 0 fully saturated rings. The highest BCUT2D eigenvalue weighted by atomic mass is 19.2. The normalized spacial score (nSPS) is 16.6. The van der Waals surface area contributed by atoms with E-state index in [2.05, 4.69) is 6.92 Å². The number of hydrogen-bond donors (Lipinski definition) is 0. The lowest BCUT2D eigenvalue weighted by Crippen LogP contribution is -2.17. The van der Waals surface area contributed by atoms with Crippen LogP contribution in [0.1, 0.15) is 67.2 Å². The Hall–Kier alpha value is -1.84. The van der Waals surface area contributed by atoms with Gasteiger partial charge in [0.1, 0.15) is 11.6 Å². The van der Waals surface area contributed by atoms with Gasteiger partial charge in [0.2, 0.25) is 0 Å². The number of halogens is 4. The lowest BCUT2D eigenvalue weighted by atomic mass is 9.79. The molecule has 1 unspecified atom stereocenters. The average Bonchev–Trinajstić information content (AvgIpc) is 2.61. The van der Waals surface area contributed by atoms with Crippen LogP contribution in [-0.4, -0.2) is 0 Å². The van der Waals surface area contributed by atoms with Gasteiger partial charge < -0.3 is 0 Å². The van der Waals surface area contributed by atoms with E-state index in [1.165, 1.54) is 18.2 Å². The quantitative estimate of drug-likeness (QED) is 0.398. The minimum atomic E-state index is -0.869. The first-order valence-corrected chi connectivity index (χ1v) is 9.44. The van der Waals surface area contributed by atoms with Crippen LogP contribution in [0.5, 0.6) is 0 Å². The fourth-order valence-electron chi connectivity index (χ4n) is 3.95. The SMILES string of the molecule is CCCCCCc1cc(F)c(C2CCc3c(ccc(F)c3F)C2)c(F)c1. The summed E-state index contributed by atoms with van der Waals surface area (Å²) in [6.07, 6.45) is 5.94. The van der Waals surface area contributed by atoms with E-state index < -0.39 is 23.3 Å². The smallest absolute Gasteiger partial charge is 0.162 e. The highest BCUT2D eigenvalue weighted by molar-refractivity contribution is 5.37. The molecular formula is C22H24F4. The molecule has 0 amide bonds. The molecule has 0 bridgehead atoms. The van der Waals surface area contributed by atoms with Crippen LogP contribution in [0.4, 0.5) is 17.6 Å². The second-order valence-corrected chi connectivity index (χ2v) is 7.22. The first-order chi connectivity index (χ1) is 12.5. The van der Waals surface area contributed by atoms with Crippen molar-refractivity contribution < 1.29 is 17.6 Å². The third-order valence-electron chi connectivity index (χ3n) is 5.37. The van der Waals surface area contributed by atoms with Gasteiger partial charge in [0.25, 0.3) is 0 Å². The standard InChI is InChI=1S/C22H24F4/c1-2-3-4-5-6-14-11-19(24)21(20(25)12-14)16-7-9-17-15(13-16)8-10-18(23)22(17)26/h8,10-12,16H,2-7,9,13H2,1H3. The molecule has 1 aliphatic rings. The first-order valence-electron chi connectivity index (χ1n) is 9.44. The predicted octanol–water partition coefficient (Wildman–Crippen LogP) is 6.64. The summed E-state index contributed by atoms with van der Waals surface area (Å²) in [7, 11) is 0. The lowest BCUT2D eigenvalue weighted by molar-refractivity contribution is 0.460. The molecule has 26 heavy (non-hydrogen) atoms. The molecule has 140 valence electrons. The van der Waals surface area contributed by atoms with Crippen molar-refractivity contribution >= 4 is 0 Å². The molecule has 2 aromatic rings. The van der Waals surface area contributed by atoms with Crippen LogP contribution < -0.4 is 0 Å². The molecule has 0 saturated heterocycles. The Morgan fingerprint density at radius 2 is 1.65 bits per heavy atom. The minimum Gasteiger partial charge on any atom is -0.207 e. The van der Waals surface area contributed by atoms with Gasteiger partial charge in [-0.05, 0) is 72.9 Å². The van der Waals surface area contributed by atoms with Crippen molar-refractivity contribution in [3.63, 3.8) is 0 Å². The Morgan fingerprint density at radius 3 is 2.35 bits per heavy atom. The molecule has 1 aliphatic carbocycles. The Bertz CT molecular complexity index is 759. The van der Waals surface area contributed by atoms with Gasteiger partial charge in [-0.15, -0.1) is 0 Å². The van der Waals surface area contributed by atoms with Crippen molar-refractivity contribution in [1.29, 1.82) is 0 Å². The first kappa shape index (κ1) is 18.9. The van der Waals surface area contributed by atoms with Crippen LogP contribution in [0.15, 0.2) is 24.3 Å². The molecule has 0 nitrogen and oxygen atoms in total. The Labute approximate surface area is 152 Å². The Morgan fingerprint density at radius 1 is 0.923 bits per heavy atom. The number of hydrogen-bond acceptors (Lipinski definition) is 0. The zero-order chi connectivity index (χ0) is 18.7. The summed E-state index contributed by atoms with van der Waals surface area (Å²) < 4.78 is 56.5. The van der Waals surface area contributed by atoms with Gasteiger partial charge in [-0.3, -0.25) is 0 Å². The highest BCUT2D eigenvalue weighted by Crippen LogP contribution is 2.37. The summed E-state index contributed by atoms with van der Waals surface area (Å²) in [4.78, 5) is 0. The van der Waals surface area contributed by atoms with Gasteiger partial charge in [0, 0.05) is 5.56 Å². The minimum absolute atomic E-state index is 0.0812. The molecule has 0 aromatic heterocycles. The highest BCUT2D eigenvalue weighted by Gasteiger charge is 2.28. The summed E-state index contributed by atoms with van der Waals surface area (Å²) in [6.45, 7) is 2.12. The lowest BCUT2D eigenvalue weighted by Gasteiger charge is -2.26. The Kier molecular flexibility index (Phi) is 6.00. The van der Waals surface area contributed by atoms with E-state index in [9.17, 15) is 17.6 Å². The van der Waals surface area contributed by atoms with Gasteiger partial charge in [0.15, 0.2) is 11.6 Å². The average molecular weight is 364 g/mol. The number of fused-ring (bicyclic) bond motifs is 1. The number of aryl methyl sites for hydroxylation is 1. The summed E-state index contributed by atoms with van der Waals surface area (Å²) in [5.74, 6) is -3.09. The fourth-order valence-corrected chi connectivity index (χ4v) is 3.95. The van der Waals surface area contributed by atoms with E-state index in [-0.39, 0.29) is 11.5 Å².